The summed E-state index contributed by atoms with van der Waals surface area (Å²) in [6.45, 7) is 5.96. The summed E-state index contributed by atoms with van der Waals surface area (Å²) in [5.74, 6) is 0.460. The van der Waals surface area contributed by atoms with E-state index >= 15 is 0 Å². The summed E-state index contributed by atoms with van der Waals surface area (Å²) in [7, 11) is 0. The highest BCUT2D eigenvalue weighted by molar-refractivity contribution is 5.89. The molecule has 5 nitrogen and oxygen atoms in total. The van der Waals surface area contributed by atoms with Gasteiger partial charge in [0, 0.05) is 19.3 Å². The van der Waals surface area contributed by atoms with Crippen molar-refractivity contribution < 1.29 is 18.0 Å². The molecule has 0 saturated carbocycles. The molecule has 1 fully saturated rings. The second-order valence-corrected chi connectivity index (χ2v) is 7.00. The number of piperidine rings is 1. The van der Waals surface area contributed by atoms with E-state index < -0.39 is 24.3 Å². The average Bonchev–Trinajstić information content (AvgIpc) is 2.44. The topological polar surface area (TPSA) is 54.3 Å². The van der Waals surface area contributed by atoms with Gasteiger partial charge in [0.15, 0.2) is 0 Å². The minimum atomic E-state index is -4.50. The number of anilines is 1. The number of nitrogens with zero attached hydrogens (tertiary/aromatic N) is 2. The molecule has 2 amide bonds. The van der Waals surface area contributed by atoms with Gasteiger partial charge >= 0.3 is 12.2 Å². The van der Waals surface area contributed by atoms with Crippen LogP contribution in [0.15, 0.2) is 23.1 Å². The van der Waals surface area contributed by atoms with Crippen LogP contribution in [0.25, 0.3) is 0 Å². The number of aromatic nitrogens is 1. The van der Waals surface area contributed by atoms with Crippen molar-refractivity contribution >= 4 is 11.7 Å². The number of hydrogen-bond donors (Lipinski definition) is 1. The van der Waals surface area contributed by atoms with Gasteiger partial charge in [-0.05, 0) is 29.9 Å². The second-order valence-electron chi connectivity index (χ2n) is 7.00. The number of alkyl halides is 3. The summed E-state index contributed by atoms with van der Waals surface area (Å²) in [6.07, 6.45) is -2.61. The molecule has 8 heteroatoms. The van der Waals surface area contributed by atoms with E-state index in [1.54, 1.807) is 4.90 Å². The number of urea groups is 1. The number of rotatable bonds is 2. The summed E-state index contributed by atoms with van der Waals surface area (Å²) in [5.41, 5.74) is -1.07. The number of likely N-dealkylation sites (tertiary alicyclic amines) is 1. The number of halogens is 3. The number of nitrogens with one attached hydrogen (secondary N) is 1. The Labute approximate surface area is 138 Å². The van der Waals surface area contributed by atoms with Gasteiger partial charge in [-0.2, -0.15) is 13.2 Å². The molecule has 1 atom stereocenters. The van der Waals surface area contributed by atoms with Crippen molar-refractivity contribution in [2.45, 2.75) is 39.9 Å². The van der Waals surface area contributed by atoms with Crippen LogP contribution in [0.4, 0.5) is 23.7 Å². The van der Waals surface area contributed by atoms with E-state index in [4.69, 9.17) is 0 Å². The average molecular weight is 345 g/mol. The molecule has 1 N–H and O–H groups in total. The smallest absolute Gasteiger partial charge is 0.324 e. The minimum absolute atomic E-state index is 0.0528. The van der Waals surface area contributed by atoms with Gasteiger partial charge in [-0.3, -0.25) is 4.79 Å². The molecule has 2 rings (SSSR count). The third-order valence-corrected chi connectivity index (χ3v) is 4.66. The second kappa shape index (κ2) is 6.49. The molecule has 1 aromatic heterocycles. The lowest BCUT2D eigenvalue weighted by molar-refractivity contribution is -0.141. The molecule has 0 aromatic carbocycles. The third kappa shape index (κ3) is 4.30. The molecule has 0 bridgehead atoms. The lowest BCUT2D eigenvalue weighted by atomic mass is 9.75. The van der Waals surface area contributed by atoms with Gasteiger partial charge < -0.3 is 14.8 Å². The largest absolute Gasteiger partial charge is 0.406 e. The summed E-state index contributed by atoms with van der Waals surface area (Å²) in [6, 6.07) is 2.16. The van der Waals surface area contributed by atoms with Crippen molar-refractivity contribution in [1.29, 1.82) is 0 Å². The molecule has 24 heavy (non-hydrogen) atoms. The normalized spacial score (nSPS) is 20.8. The van der Waals surface area contributed by atoms with Gasteiger partial charge in [0.25, 0.3) is 5.56 Å². The first kappa shape index (κ1) is 18.4. The van der Waals surface area contributed by atoms with E-state index in [1.807, 2.05) is 0 Å². The number of carbonyl (C=O) groups excluding carboxylic acids is 1. The Morgan fingerprint density at radius 1 is 1.42 bits per heavy atom. The quantitative estimate of drug-likeness (QED) is 0.894. The van der Waals surface area contributed by atoms with E-state index in [0.29, 0.717) is 23.6 Å². The lowest BCUT2D eigenvalue weighted by Crippen LogP contribution is -2.49. The summed E-state index contributed by atoms with van der Waals surface area (Å²) < 4.78 is 38.0. The Hall–Kier alpha value is -1.99. The van der Waals surface area contributed by atoms with Crippen LogP contribution in [0, 0.1) is 11.3 Å². The zero-order valence-electron chi connectivity index (χ0n) is 14.0. The molecule has 134 valence electrons. The molecule has 0 spiro atoms. The molecular weight excluding hydrogens is 323 g/mol. The first-order chi connectivity index (χ1) is 11.0. The van der Waals surface area contributed by atoms with Crippen molar-refractivity contribution in [2.24, 2.45) is 11.3 Å². The number of carbonyl (C=O) groups is 1. The first-order valence-electron chi connectivity index (χ1n) is 7.82. The monoisotopic (exact) mass is 345 g/mol. The number of amides is 2. The summed E-state index contributed by atoms with van der Waals surface area (Å²) in [5, 5.41) is 2.44. The van der Waals surface area contributed by atoms with Crippen LogP contribution in [-0.2, 0) is 6.54 Å². The predicted octanol–water partition coefficient (Wildman–Crippen LogP) is 3.31. The van der Waals surface area contributed by atoms with Crippen LogP contribution in [-0.4, -0.2) is 34.8 Å². The standard InChI is InChI=1S/C16H22F3N3O2/c1-11-6-8-22(9-15(11,2)3)14(24)20-12-5-4-7-21(13(12)23)10-16(17,18)19/h4-5,7,11H,6,8-10H2,1-3H3,(H,20,24). The SMILES string of the molecule is CC1CCN(C(=O)Nc2cccn(CC(F)(F)F)c2=O)CC1(C)C. The maximum absolute atomic E-state index is 12.5. The van der Waals surface area contributed by atoms with E-state index in [9.17, 15) is 22.8 Å². The van der Waals surface area contributed by atoms with E-state index in [-0.39, 0.29) is 11.1 Å². The molecule has 0 radical (unpaired) electrons. The maximum atomic E-state index is 12.5. The van der Waals surface area contributed by atoms with Crippen molar-refractivity contribution in [2.75, 3.05) is 18.4 Å². The van der Waals surface area contributed by atoms with Crippen LogP contribution >= 0.6 is 0 Å². The van der Waals surface area contributed by atoms with Gasteiger partial charge in [-0.1, -0.05) is 20.8 Å². The van der Waals surface area contributed by atoms with Crippen molar-refractivity contribution in [3.63, 3.8) is 0 Å². The van der Waals surface area contributed by atoms with Crippen molar-refractivity contribution in [1.82, 2.24) is 9.47 Å². The Balaban J connectivity index is 2.13. The molecule has 0 aliphatic carbocycles. The van der Waals surface area contributed by atoms with Crippen LogP contribution in [0.3, 0.4) is 0 Å². The molecule has 1 aliphatic heterocycles. The third-order valence-electron chi connectivity index (χ3n) is 4.66. The molecule has 1 aliphatic rings. The molecule has 1 aromatic rings. The molecular formula is C16H22F3N3O2. The van der Waals surface area contributed by atoms with Gasteiger partial charge in [-0.15, -0.1) is 0 Å². The number of pyridine rings is 1. The highest BCUT2D eigenvalue weighted by Crippen LogP contribution is 2.34. The Morgan fingerprint density at radius 2 is 2.08 bits per heavy atom. The van der Waals surface area contributed by atoms with Crippen molar-refractivity contribution in [3.05, 3.63) is 28.7 Å². The van der Waals surface area contributed by atoms with Gasteiger partial charge in [-0.25, -0.2) is 4.79 Å². The first-order valence-corrected chi connectivity index (χ1v) is 7.82. The van der Waals surface area contributed by atoms with Crippen molar-refractivity contribution in [3.8, 4) is 0 Å². The molecule has 2 heterocycles. The van der Waals surface area contributed by atoms with Gasteiger partial charge in [0.05, 0.1) is 0 Å². The van der Waals surface area contributed by atoms with E-state index in [1.165, 1.54) is 12.1 Å². The fraction of sp³-hybridized carbons (Fsp3) is 0.625. The van der Waals surface area contributed by atoms with Crippen LogP contribution < -0.4 is 10.9 Å². The fourth-order valence-electron chi connectivity index (χ4n) is 2.78. The van der Waals surface area contributed by atoms with E-state index in [0.717, 1.165) is 12.6 Å². The minimum Gasteiger partial charge on any atom is -0.324 e. The van der Waals surface area contributed by atoms with Crippen LogP contribution in [0.2, 0.25) is 0 Å². The zero-order valence-corrected chi connectivity index (χ0v) is 14.0. The van der Waals surface area contributed by atoms with Gasteiger partial charge in [0.1, 0.15) is 12.2 Å². The highest BCUT2D eigenvalue weighted by Gasteiger charge is 2.35. The highest BCUT2D eigenvalue weighted by atomic mass is 19.4. The Morgan fingerprint density at radius 3 is 2.67 bits per heavy atom. The summed E-state index contributed by atoms with van der Waals surface area (Å²) >= 11 is 0. The molecule has 1 unspecified atom stereocenters. The Bertz CT molecular complexity index is 667. The predicted molar refractivity (Wildman–Crippen MR) is 84.9 cm³/mol. The Kier molecular flexibility index (Phi) is 4.96. The van der Waals surface area contributed by atoms with Crippen LogP contribution in [0.1, 0.15) is 27.2 Å². The molecule has 1 saturated heterocycles. The number of hydrogen-bond acceptors (Lipinski definition) is 2. The van der Waals surface area contributed by atoms with Gasteiger partial charge in [0.2, 0.25) is 0 Å². The zero-order chi connectivity index (χ0) is 18.1. The van der Waals surface area contributed by atoms with E-state index in [2.05, 4.69) is 26.1 Å². The van der Waals surface area contributed by atoms with Crippen LogP contribution in [0.5, 0.6) is 0 Å². The maximum Gasteiger partial charge on any atom is 0.406 e. The fourth-order valence-corrected chi connectivity index (χ4v) is 2.78. The summed E-state index contributed by atoms with van der Waals surface area (Å²) in [4.78, 5) is 26.0. The lowest BCUT2D eigenvalue weighted by Gasteiger charge is -2.42.